The van der Waals surface area contributed by atoms with Crippen molar-refractivity contribution < 1.29 is 29.3 Å². The monoisotopic (exact) mass is 586 g/mol. The third kappa shape index (κ3) is 4.72. The summed E-state index contributed by atoms with van der Waals surface area (Å²) < 4.78 is 72.1. The molecule has 0 unspecified atom stereocenters. The first-order valence-electron chi connectivity index (χ1n) is 9.22. The molecule has 0 saturated heterocycles. The molecule has 3 aromatic carbocycles. The van der Waals surface area contributed by atoms with Gasteiger partial charge in [0.1, 0.15) is 4.90 Å². The van der Waals surface area contributed by atoms with E-state index in [-0.39, 0.29) is 16.0 Å². The summed E-state index contributed by atoms with van der Waals surface area (Å²) in [6, 6.07) is 12.4. The van der Waals surface area contributed by atoms with Crippen molar-refractivity contribution >= 4 is 46.9 Å². The number of rotatable bonds is 6. The number of benzene rings is 3. The highest BCUT2D eigenvalue weighted by atomic mass is 127. The second-order valence-corrected chi connectivity index (χ2v) is 12.2. The lowest BCUT2D eigenvalue weighted by atomic mass is 9.97. The van der Waals surface area contributed by atoms with Crippen molar-refractivity contribution in [1.29, 1.82) is 0 Å². The Morgan fingerprint density at radius 3 is 2.03 bits per heavy atom. The number of ketones is 1. The highest BCUT2D eigenvalue weighted by molar-refractivity contribution is 14.1. The molecule has 0 bridgehead atoms. The molecule has 0 heterocycles. The summed E-state index contributed by atoms with van der Waals surface area (Å²) in [4.78, 5) is 11.3. The zero-order chi connectivity index (χ0) is 23.8. The van der Waals surface area contributed by atoms with Crippen LogP contribution in [0.5, 0.6) is 0 Å². The molecular formula is C22H19IO7S2. The molecule has 0 aliphatic heterocycles. The Morgan fingerprint density at radius 1 is 0.781 bits per heavy atom. The first-order valence-corrected chi connectivity index (χ1v) is 14.1. The Kier molecular flexibility index (Phi) is 6.80. The highest BCUT2D eigenvalue weighted by Crippen LogP contribution is 2.31. The minimum atomic E-state index is -4.98. The largest absolute Gasteiger partial charge is 0.295 e. The zero-order valence-corrected chi connectivity index (χ0v) is 21.1. The SMILES string of the molecule is Cc1ccc(C)c(C(=O)c2ccc(S(=O)(=O)c3ccc(I=O)cc3C)c(S(=O)(=O)O)c2)c1. The Hall–Kier alpha value is -2.28. The molecule has 0 amide bonds. The first kappa shape index (κ1) is 24.4. The van der Waals surface area contributed by atoms with Crippen LogP contribution in [-0.2, 0) is 23.0 Å². The third-order valence-electron chi connectivity index (χ3n) is 4.93. The van der Waals surface area contributed by atoms with E-state index in [1.54, 1.807) is 26.0 Å². The number of carbonyl (C=O) groups is 1. The van der Waals surface area contributed by atoms with Gasteiger partial charge in [-0.3, -0.25) is 12.4 Å². The van der Waals surface area contributed by atoms with E-state index in [0.717, 1.165) is 17.7 Å². The third-order valence-corrected chi connectivity index (χ3v) is 9.10. The smallest absolute Gasteiger partial charge is 0.289 e. The maximum absolute atomic E-state index is 13.2. The predicted octanol–water partition coefficient (Wildman–Crippen LogP) is 4.41. The van der Waals surface area contributed by atoms with Crippen LogP contribution < -0.4 is 0 Å². The van der Waals surface area contributed by atoms with Crippen LogP contribution in [0.15, 0.2) is 69.3 Å². The van der Waals surface area contributed by atoms with Crippen molar-refractivity contribution in [3.63, 3.8) is 0 Å². The Bertz CT molecular complexity index is 1470. The van der Waals surface area contributed by atoms with Gasteiger partial charge < -0.3 is 0 Å². The molecule has 0 atom stereocenters. The maximum Gasteiger partial charge on any atom is 0.295 e. The second kappa shape index (κ2) is 8.93. The van der Waals surface area contributed by atoms with E-state index in [2.05, 4.69) is 0 Å². The van der Waals surface area contributed by atoms with Gasteiger partial charge in [0, 0.05) is 14.7 Å². The van der Waals surface area contributed by atoms with Gasteiger partial charge in [0.2, 0.25) is 9.84 Å². The number of carbonyl (C=O) groups excluding carboxylic acids is 1. The topological polar surface area (TPSA) is 123 Å². The van der Waals surface area contributed by atoms with Crippen LogP contribution in [0.25, 0.3) is 0 Å². The van der Waals surface area contributed by atoms with Crippen LogP contribution in [0.2, 0.25) is 0 Å². The van der Waals surface area contributed by atoms with Gasteiger partial charge in [0.05, 0.1) is 9.79 Å². The summed E-state index contributed by atoms with van der Waals surface area (Å²) in [6.07, 6.45) is 0. The van der Waals surface area contributed by atoms with Gasteiger partial charge in [-0.15, -0.1) is 0 Å². The lowest BCUT2D eigenvalue weighted by molar-refractivity contribution is 0.103. The maximum atomic E-state index is 13.2. The van der Waals surface area contributed by atoms with Crippen molar-refractivity contribution in [2.45, 2.75) is 35.5 Å². The summed E-state index contributed by atoms with van der Waals surface area (Å²) in [7, 11) is -9.35. The fraction of sp³-hybridized carbons (Fsp3) is 0.136. The van der Waals surface area contributed by atoms with Crippen LogP contribution in [0.1, 0.15) is 32.6 Å². The summed E-state index contributed by atoms with van der Waals surface area (Å²) in [6.45, 7) is 5.03. The van der Waals surface area contributed by atoms with E-state index >= 15 is 0 Å². The summed E-state index contributed by atoms with van der Waals surface area (Å²) in [5.41, 5.74) is 2.05. The van der Waals surface area contributed by atoms with Gasteiger partial charge in [0.25, 0.3) is 10.1 Å². The van der Waals surface area contributed by atoms with E-state index in [1.165, 1.54) is 31.2 Å². The van der Waals surface area contributed by atoms with Crippen molar-refractivity contribution in [3.8, 4) is 0 Å². The molecule has 0 aliphatic rings. The number of sulfone groups is 1. The minimum Gasteiger partial charge on any atom is -0.289 e. The number of halogens is 1. The normalized spacial score (nSPS) is 12.0. The predicted molar refractivity (Wildman–Crippen MR) is 126 cm³/mol. The molecule has 0 spiro atoms. The van der Waals surface area contributed by atoms with Gasteiger partial charge in [-0.2, -0.15) is 8.42 Å². The molecule has 32 heavy (non-hydrogen) atoms. The van der Waals surface area contributed by atoms with Crippen molar-refractivity contribution in [2.24, 2.45) is 0 Å². The number of aryl methyl sites for hydroxylation is 3. The van der Waals surface area contributed by atoms with E-state index in [9.17, 15) is 29.3 Å². The molecule has 3 rings (SSSR count). The molecule has 0 aliphatic carbocycles. The van der Waals surface area contributed by atoms with E-state index in [1.807, 2.05) is 6.07 Å². The number of hydrogen-bond donors (Lipinski definition) is 1. The van der Waals surface area contributed by atoms with Gasteiger partial charge in [-0.05, 0) is 74.4 Å². The molecule has 0 aromatic heterocycles. The van der Waals surface area contributed by atoms with Crippen LogP contribution in [-0.4, -0.2) is 27.2 Å². The Labute approximate surface area is 196 Å². The molecule has 0 fully saturated rings. The molecule has 3 aromatic rings. The lowest BCUT2D eigenvalue weighted by Crippen LogP contribution is -2.13. The van der Waals surface area contributed by atoms with Gasteiger partial charge >= 0.3 is 0 Å². The fourth-order valence-electron chi connectivity index (χ4n) is 3.29. The Morgan fingerprint density at radius 2 is 1.44 bits per heavy atom. The fourth-order valence-corrected chi connectivity index (χ4v) is 6.99. The molecule has 7 nitrogen and oxygen atoms in total. The average Bonchev–Trinajstić information content (AvgIpc) is 2.73. The minimum absolute atomic E-state index is 0.0755. The second-order valence-electron chi connectivity index (χ2n) is 7.27. The van der Waals surface area contributed by atoms with Gasteiger partial charge in [-0.25, -0.2) is 8.42 Å². The molecule has 10 heteroatoms. The van der Waals surface area contributed by atoms with Crippen LogP contribution in [0, 0.1) is 24.3 Å². The quantitative estimate of drug-likeness (QED) is 0.258. The van der Waals surface area contributed by atoms with Crippen LogP contribution in [0.4, 0.5) is 0 Å². The molecule has 0 saturated carbocycles. The van der Waals surface area contributed by atoms with Gasteiger partial charge in [-0.1, -0.05) is 17.7 Å². The first-order chi connectivity index (χ1) is 14.9. The summed E-state index contributed by atoms with van der Waals surface area (Å²) >= 11 is -1.50. The summed E-state index contributed by atoms with van der Waals surface area (Å²) in [5.74, 6) is -0.500. The highest BCUT2D eigenvalue weighted by Gasteiger charge is 2.29. The average molecular weight is 586 g/mol. The van der Waals surface area contributed by atoms with E-state index in [4.69, 9.17) is 0 Å². The van der Waals surface area contributed by atoms with Crippen molar-refractivity contribution in [1.82, 2.24) is 0 Å². The molecule has 1 N–H and O–H groups in total. The Balaban J connectivity index is 2.22. The lowest BCUT2D eigenvalue weighted by Gasteiger charge is -2.13. The molecule has 0 radical (unpaired) electrons. The molecule has 168 valence electrons. The van der Waals surface area contributed by atoms with Gasteiger partial charge in [0.15, 0.2) is 27.0 Å². The summed E-state index contributed by atoms with van der Waals surface area (Å²) in [5, 5.41) is 0. The van der Waals surface area contributed by atoms with Crippen molar-refractivity contribution in [3.05, 3.63) is 86.0 Å². The molecular weight excluding hydrogens is 567 g/mol. The van der Waals surface area contributed by atoms with E-state index < -0.39 is 56.7 Å². The van der Waals surface area contributed by atoms with Crippen LogP contribution >= 0.6 is 21.2 Å². The number of hydrogen-bond acceptors (Lipinski definition) is 6. The van der Waals surface area contributed by atoms with E-state index in [0.29, 0.717) is 14.7 Å². The zero-order valence-electron chi connectivity index (χ0n) is 17.3. The standard InChI is InChI=1S/C22H19IO7S2/c1-13-4-5-14(2)18(10-13)22(24)16-6-8-20(21(12-16)32(28,29)30)31(26,27)19-9-7-17(23-25)11-15(19)3/h4-12H,1-3H3,(H,28,29,30). The van der Waals surface area contributed by atoms with Crippen LogP contribution in [0.3, 0.4) is 0 Å². The van der Waals surface area contributed by atoms with Crippen molar-refractivity contribution in [2.75, 3.05) is 0 Å².